The Morgan fingerprint density at radius 2 is 1.35 bits per heavy atom. The van der Waals surface area contributed by atoms with Gasteiger partial charge in [0.2, 0.25) is 11.8 Å². The number of carbonyl (C=O) groups excluding carboxylic acids is 2. The van der Waals surface area contributed by atoms with Gasteiger partial charge in [-0.2, -0.15) is 0 Å². The van der Waals surface area contributed by atoms with E-state index in [2.05, 4.69) is 5.32 Å². The fourth-order valence-electron chi connectivity index (χ4n) is 5.77. The minimum absolute atomic E-state index is 0.0133. The summed E-state index contributed by atoms with van der Waals surface area (Å²) >= 11 is 12.5. The van der Waals surface area contributed by atoms with Gasteiger partial charge in [0.25, 0.3) is 10.0 Å². The standard InChI is InChI=1S/C36H37Cl2N3O4S/c37-32-22-21-30(24-33(32)38)41(46(44,45)31-19-11-4-12-20-31)26-35(42)40(25-28-15-7-2-8-16-28)34(23-27-13-5-1-6-14-27)36(43)39-29-17-9-3-10-18-29/h1-2,4-8,11-16,19-22,24,29,34H,3,9-10,17-18,23,25-26H2,(H,39,43)/t34-/m0/s1. The summed E-state index contributed by atoms with van der Waals surface area (Å²) in [6, 6.07) is 30.4. The van der Waals surface area contributed by atoms with Crippen molar-refractivity contribution in [1.82, 2.24) is 10.2 Å². The highest BCUT2D eigenvalue weighted by Crippen LogP contribution is 2.31. The second kappa shape index (κ2) is 15.6. The van der Waals surface area contributed by atoms with Crippen LogP contribution in [-0.2, 0) is 32.6 Å². The van der Waals surface area contributed by atoms with Crippen LogP contribution in [-0.4, -0.2) is 43.8 Å². The van der Waals surface area contributed by atoms with E-state index in [1.54, 1.807) is 18.2 Å². The summed E-state index contributed by atoms with van der Waals surface area (Å²) in [5, 5.41) is 3.62. The molecular weight excluding hydrogens is 641 g/mol. The molecule has 1 aliphatic carbocycles. The quantitative estimate of drug-likeness (QED) is 0.171. The van der Waals surface area contributed by atoms with Crippen LogP contribution >= 0.6 is 23.2 Å². The second-order valence-corrected chi connectivity index (χ2v) is 14.2. The maximum Gasteiger partial charge on any atom is 0.264 e. The molecule has 1 saturated carbocycles. The number of hydrogen-bond acceptors (Lipinski definition) is 4. The number of rotatable bonds is 12. The van der Waals surface area contributed by atoms with Gasteiger partial charge < -0.3 is 10.2 Å². The molecule has 4 aromatic carbocycles. The molecule has 0 spiro atoms. The van der Waals surface area contributed by atoms with Crippen LogP contribution in [0.25, 0.3) is 0 Å². The predicted octanol–water partition coefficient (Wildman–Crippen LogP) is 7.28. The van der Waals surface area contributed by atoms with Crippen LogP contribution in [0.5, 0.6) is 0 Å². The van der Waals surface area contributed by atoms with Crippen LogP contribution < -0.4 is 9.62 Å². The zero-order chi connectivity index (χ0) is 32.5. The lowest BCUT2D eigenvalue weighted by Crippen LogP contribution is -2.55. The van der Waals surface area contributed by atoms with Crippen molar-refractivity contribution in [1.29, 1.82) is 0 Å². The van der Waals surface area contributed by atoms with Crippen molar-refractivity contribution >= 4 is 50.7 Å². The van der Waals surface area contributed by atoms with Crippen molar-refractivity contribution < 1.29 is 18.0 Å². The Morgan fingerprint density at radius 1 is 0.761 bits per heavy atom. The third-order valence-electron chi connectivity index (χ3n) is 8.22. The van der Waals surface area contributed by atoms with E-state index in [9.17, 15) is 18.0 Å². The Labute approximate surface area is 281 Å². The van der Waals surface area contributed by atoms with Crippen LogP contribution in [0.2, 0.25) is 10.0 Å². The van der Waals surface area contributed by atoms with E-state index in [1.165, 1.54) is 35.2 Å². The van der Waals surface area contributed by atoms with E-state index in [-0.39, 0.29) is 45.5 Å². The van der Waals surface area contributed by atoms with Crippen LogP contribution in [0.3, 0.4) is 0 Å². The van der Waals surface area contributed by atoms with Crippen molar-refractivity contribution in [2.45, 2.75) is 62.0 Å². The number of halogens is 2. The third kappa shape index (κ3) is 8.49. The number of amides is 2. The van der Waals surface area contributed by atoms with E-state index < -0.39 is 28.5 Å². The Kier molecular flexibility index (Phi) is 11.4. The number of sulfonamides is 1. The van der Waals surface area contributed by atoms with Crippen molar-refractivity contribution in [3.8, 4) is 0 Å². The minimum atomic E-state index is -4.23. The summed E-state index contributed by atoms with van der Waals surface area (Å²) in [7, 11) is -4.23. The maximum atomic E-state index is 14.6. The van der Waals surface area contributed by atoms with E-state index in [4.69, 9.17) is 23.2 Å². The molecule has 0 aliphatic heterocycles. The summed E-state index contributed by atoms with van der Waals surface area (Å²) < 4.78 is 29.2. The Balaban J connectivity index is 1.56. The smallest absolute Gasteiger partial charge is 0.264 e. The number of anilines is 1. The highest BCUT2D eigenvalue weighted by Gasteiger charge is 2.35. The normalized spacial score (nSPS) is 14.3. The first-order valence-electron chi connectivity index (χ1n) is 15.4. The monoisotopic (exact) mass is 677 g/mol. The van der Waals surface area contributed by atoms with Crippen LogP contribution in [0, 0.1) is 0 Å². The van der Waals surface area contributed by atoms with Crippen LogP contribution in [0.15, 0.2) is 114 Å². The second-order valence-electron chi connectivity index (χ2n) is 11.5. The molecule has 0 heterocycles. The summed E-state index contributed by atoms with van der Waals surface area (Å²) in [4.78, 5) is 30.2. The predicted molar refractivity (Wildman–Crippen MR) is 183 cm³/mol. The molecule has 1 atom stereocenters. The molecule has 240 valence electrons. The fraction of sp³-hybridized carbons (Fsp3) is 0.278. The van der Waals surface area contributed by atoms with Crippen molar-refractivity contribution in [3.63, 3.8) is 0 Å². The lowest BCUT2D eigenvalue weighted by Gasteiger charge is -2.35. The van der Waals surface area contributed by atoms with Gasteiger partial charge >= 0.3 is 0 Å². The van der Waals surface area contributed by atoms with Gasteiger partial charge in [0.05, 0.1) is 20.6 Å². The number of hydrogen-bond donors (Lipinski definition) is 1. The van der Waals surface area contributed by atoms with Gasteiger partial charge in [-0.1, -0.05) is 121 Å². The Hall–Kier alpha value is -3.85. The number of nitrogens with zero attached hydrogens (tertiary/aromatic N) is 2. The highest BCUT2D eigenvalue weighted by atomic mass is 35.5. The van der Waals surface area contributed by atoms with Crippen LogP contribution in [0.1, 0.15) is 43.2 Å². The topological polar surface area (TPSA) is 86.8 Å². The number of benzene rings is 4. The molecule has 0 radical (unpaired) electrons. The van der Waals surface area contributed by atoms with Crippen molar-refractivity contribution in [2.24, 2.45) is 0 Å². The summed E-state index contributed by atoms with van der Waals surface area (Å²) in [5.41, 5.74) is 1.87. The summed E-state index contributed by atoms with van der Waals surface area (Å²) in [5.74, 6) is -0.791. The molecule has 0 saturated heterocycles. The molecule has 0 aromatic heterocycles. The lowest BCUT2D eigenvalue weighted by atomic mass is 9.94. The number of carbonyl (C=O) groups is 2. The zero-order valence-corrected chi connectivity index (χ0v) is 27.7. The van der Waals surface area contributed by atoms with Crippen molar-refractivity contribution in [2.75, 3.05) is 10.8 Å². The van der Waals surface area contributed by atoms with Gasteiger partial charge in [-0.05, 0) is 54.3 Å². The van der Waals surface area contributed by atoms with E-state index in [1.807, 2.05) is 60.7 Å². The molecule has 5 rings (SSSR count). The molecule has 7 nitrogen and oxygen atoms in total. The average molecular weight is 679 g/mol. The zero-order valence-electron chi connectivity index (χ0n) is 25.4. The molecule has 4 aromatic rings. The van der Waals surface area contributed by atoms with Crippen LogP contribution in [0.4, 0.5) is 5.69 Å². The summed E-state index contributed by atoms with van der Waals surface area (Å²) in [6.45, 7) is -0.458. The van der Waals surface area contributed by atoms with Gasteiger partial charge in [-0.15, -0.1) is 0 Å². The maximum absolute atomic E-state index is 14.6. The fourth-order valence-corrected chi connectivity index (χ4v) is 7.49. The molecule has 1 N–H and O–H groups in total. The molecule has 46 heavy (non-hydrogen) atoms. The first-order valence-corrected chi connectivity index (χ1v) is 17.6. The molecule has 0 unspecified atom stereocenters. The summed E-state index contributed by atoms with van der Waals surface area (Å²) in [6.07, 6.45) is 5.25. The average Bonchev–Trinajstić information content (AvgIpc) is 3.08. The van der Waals surface area contributed by atoms with E-state index >= 15 is 0 Å². The Morgan fingerprint density at radius 3 is 1.96 bits per heavy atom. The van der Waals surface area contributed by atoms with Gasteiger partial charge in [0, 0.05) is 19.0 Å². The number of nitrogens with one attached hydrogen (secondary N) is 1. The molecule has 1 aliphatic rings. The van der Waals surface area contributed by atoms with Gasteiger partial charge in [-0.3, -0.25) is 13.9 Å². The first-order chi connectivity index (χ1) is 22.2. The largest absolute Gasteiger partial charge is 0.352 e. The molecule has 0 bridgehead atoms. The third-order valence-corrected chi connectivity index (χ3v) is 10.7. The van der Waals surface area contributed by atoms with Gasteiger partial charge in [-0.25, -0.2) is 8.42 Å². The van der Waals surface area contributed by atoms with E-state index in [0.29, 0.717) is 0 Å². The van der Waals surface area contributed by atoms with Crippen molar-refractivity contribution in [3.05, 3.63) is 130 Å². The molecule has 2 amide bonds. The van der Waals surface area contributed by atoms with Gasteiger partial charge in [0.1, 0.15) is 12.6 Å². The first kappa shape index (κ1) is 33.5. The lowest BCUT2D eigenvalue weighted by molar-refractivity contribution is -0.140. The SMILES string of the molecule is O=C(NC1CCCCC1)[C@H](Cc1ccccc1)N(Cc1ccccc1)C(=O)CN(c1ccc(Cl)c(Cl)c1)S(=O)(=O)c1ccccc1. The minimum Gasteiger partial charge on any atom is -0.352 e. The molecular formula is C36H37Cl2N3O4S. The highest BCUT2D eigenvalue weighted by molar-refractivity contribution is 7.92. The van der Waals surface area contributed by atoms with E-state index in [0.717, 1.165) is 47.5 Å². The molecule has 1 fully saturated rings. The molecule has 10 heteroatoms. The Bertz CT molecular complexity index is 1720. The van der Waals surface area contributed by atoms with Gasteiger partial charge in [0.15, 0.2) is 0 Å².